The standard InChI is InChI=1S/C9H10N2O3/c1-5-6(9(13)14)3-4-7(11-5)8(12)10-2/h3-4H,1-2H3,(H,10,12)(H,13,14). The van der Waals surface area contributed by atoms with E-state index in [1.54, 1.807) is 6.92 Å². The number of carbonyl (C=O) groups excluding carboxylic acids is 1. The molecule has 1 aromatic heterocycles. The average Bonchev–Trinajstić information content (AvgIpc) is 2.15. The van der Waals surface area contributed by atoms with Gasteiger partial charge in [-0.1, -0.05) is 0 Å². The summed E-state index contributed by atoms with van der Waals surface area (Å²) in [4.78, 5) is 25.6. The Bertz CT molecular complexity index is 388. The molecule has 74 valence electrons. The number of hydrogen-bond acceptors (Lipinski definition) is 3. The van der Waals surface area contributed by atoms with Gasteiger partial charge < -0.3 is 10.4 Å². The van der Waals surface area contributed by atoms with Crippen molar-refractivity contribution in [1.29, 1.82) is 0 Å². The number of amides is 1. The van der Waals surface area contributed by atoms with Crippen LogP contribution in [-0.4, -0.2) is 29.0 Å². The van der Waals surface area contributed by atoms with Crippen molar-refractivity contribution in [2.75, 3.05) is 7.05 Å². The number of rotatable bonds is 2. The van der Waals surface area contributed by atoms with E-state index >= 15 is 0 Å². The number of hydrogen-bond donors (Lipinski definition) is 2. The van der Waals surface area contributed by atoms with E-state index in [0.29, 0.717) is 5.69 Å². The Hall–Kier alpha value is -1.91. The van der Waals surface area contributed by atoms with E-state index in [-0.39, 0.29) is 17.2 Å². The lowest BCUT2D eigenvalue weighted by Crippen LogP contribution is -2.20. The fourth-order valence-electron chi connectivity index (χ4n) is 1.04. The Balaban J connectivity index is 3.12. The summed E-state index contributed by atoms with van der Waals surface area (Å²) in [6.07, 6.45) is 0. The van der Waals surface area contributed by atoms with Crippen LogP contribution in [0.2, 0.25) is 0 Å². The molecule has 0 aliphatic carbocycles. The van der Waals surface area contributed by atoms with Crippen LogP contribution >= 0.6 is 0 Å². The lowest BCUT2D eigenvalue weighted by molar-refractivity contribution is 0.0694. The summed E-state index contributed by atoms with van der Waals surface area (Å²) in [5.74, 6) is -1.37. The molecule has 0 radical (unpaired) electrons. The molecular formula is C9H10N2O3. The van der Waals surface area contributed by atoms with Crippen LogP contribution < -0.4 is 5.32 Å². The second-order valence-corrected chi connectivity index (χ2v) is 2.71. The molecule has 14 heavy (non-hydrogen) atoms. The monoisotopic (exact) mass is 194 g/mol. The highest BCUT2D eigenvalue weighted by Crippen LogP contribution is 2.06. The summed E-state index contributed by atoms with van der Waals surface area (Å²) in [5.41, 5.74) is 0.659. The number of carbonyl (C=O) groups is 2. The Morgan fingerprint density at radius 2 is 2.07 bits per heavy atom. The van der Waals surface area contributed by atoms with Crippen LogP contribution in [-0.2, 0) is 0 Å². The zero-order valence-corrected chi connectivity index (χ0v) is 7.87. The smallest absolute Gasteiger partial charge is 0.337 e. The molecule has 0 spiro atoms. The largest absolute Gasteiger partial charge is 0.478 e. The Morgan fingerprint density at radius 3 is 2.50 bits per heavy atom. The van der Waals surface area contributed by atoms with Crippen molar-refractivity contribution in [3.05, 3.63) is 29.1 Å². The van der Waals surface area contributed by atoms with Crippen molar-refractivity contribution in [3.8, 4) is 0 Å². The van der Waals surface area contributed by atoms with Gasteiger partial charge in [0.15, 0.2) is 0 Å². The van der Waals surface area contributed by atoms with Crippen molar-refractivity contribution >= 4 is 11.9 Å². The number of aryl methyl sites for hydroxylation is 1. The van der Waals surface area contributed by atoms with E-state index in [0.717, 1.165) is 0 Å². The Labute approximate surface area is 80.8 Å². The second kappa shape index (κ2) is 3.87. The molecule has 0 atom stereocenters. The van der Waals surface area contributed by atoms with Crippen molar-refractivity contribution in [2.45, 2.75) is 6.92 Å². The first-order chi connectivity index (χ1) is 6.56. The molecule has 2 N–H and O–H groups in total. The van der Waals surface area contributed by atoms with Crippen molar-refractivity contribution < 1.29 is 14.7 Å². The van der Waals surface area contributed by atoms with Crippen LogP contribution in [0.5, 0.6) is 0 Å². The van der Waals surface area contributed by atoms with E-state index < -0.39 is 5.97 Å². The van der Waals surface area contributed by atoms with Gasteiger partial charge in [-0.25, -0.2) is 9.78 Å². The van der Waals surface area contributed by atoms with Crippen molar-refractivity contribution in [1.82, 2.24) is 10.3 Å². The topological polar surface area (TPSA) is 79.3 Å². The molecule has 0 aliphatic heterocycles. The fraction of sp³-hybridized carbons (Fsp3) is 0.222. The summed E-state index contributed by atoms with van der Waals surface area (Å²) in [6, 6.07) is 2.75. The zero-order chi connectivity index (χ0) is 10.7. The highest BCUT2D eigenvalue weighted by atomic mass is 16.4. The molecule has 0 aromatic carbocycles. The second-order valence-electron chi connectivity index (χ2n) is 2.71. The maximum absolute atomic E-state index is 11.1. The third-order valence-corrected chi connectivity index (χ3v) is 1.78. The van der Waals surface area contributed by atoms with E-state index in [4.69, 9.17) is 5.11 Å². The van der Waals surface area contributed by atoms with Crippen LogP contribution in [0.4, 0.5) is 0 Å². The maximum Gasteiger partial charge on any atom is 0.337 e. The van der Waals surface area contributed by atoms with Gasteiger partial charge in [0.05, 0.1) is 11.3 Å². The number of carboxylic acid groups (broad SMARTS) is 1. The van der Waals surface area contributed by atoms with E-state index in [9.17, 15) is 9.59 Å². The van der Waals surface area contributed by atoms with Crippen molar-refractivity contribution in [2.24, 2.45) is 0 Å². The summed E-state index contributed by atoms with van der Waals surface area (Å²) < 4.78 is 0. The van der Waals surface area contributed by atoms with Gasteiger partial charge in [0.2, 0.25) is 0 Å². The lowest BCUT2D eigenvalue weighted by atomic mass is 10.2. The summed E-state index contributed by atoms with van der Waals surface area (Å²) >= 11 is 0. The minimum Gasteiger partial charge on any atom is -0.478 e. The van der Waals surface area contributed by atoms with Gasteiger partial charge in [0, 0.05) is 7.05 Å². The lowest BCUT2D eigenvalue weighted by Gasteiger charge is -2.02. The number of carboxylic acids is 1. The van der Waals surface area contributed by atoms with Gasteiger partial charge in [-0.2, -0.15) is 0 Å². The van der Waals surface area contributed by atoms with Gasteiger partial charge in [0.25, 0.3) is 5.91 Å². The summed E-state index contributed by atoms with van der Waals surface area (Å²) in [6.45, 7) is 1.55. The molecular weight excluding hydrogens is 184 g/mol. The van der Waals surface area contributed by atoms with Crippen LogP contribution in [0.25, 0.3) is 0 Å². The zero-order valence-electron chi connectivity index (χ0n) is 7.87. The first-order valence-corrected chi connectivity index (χ1v) is 3.99. The molecule has 1 rings (SSSR count). The first kappa shape index (κ1) is 10.2. The molecule has 0 aliphatic rings. The van der Waals surface area contributed by atoms with Crippen molar-refractivity contribution in [3.63, 3.8) is 0 Å². The number of nitrogens with zero attached hydrogens (tertiary/aromatic N) is 1. The molecule has 5 heteroatoms. The van der Waals surface area contributed by atoms with Gasteiger partial charge in [-0.3, -0.25) is 4.79 Å². The van der Waals surface area contributed by atoms with E-state index in [1.165, 1.54) is 19.2 Å². The number of aromatic carboxylic acids is 1. The van der Waals surface area contributed by atoms with E-state index in [2.05, 4.69) is 10.3 Å². The molecule has 1 amide bonds. The molecule has 0 saturated heterocycles. The quantitative estimate of drug-likeness (QED) is 0.716. The highest BCUT2D eigenvalue weighted by Gasteiger charge is 2.11. The fourth-order valence-corrected chi connectivity index (χ4v) is 1.04. The normalized spacial score (nSPS) is 9.57. The number of aromatic nitrogens is 1. The highest BCUT2D eigenvalue weighted by molar-refractivity contribution is 5.94. The average molecular weight is 194 g/mol. The summed E-state index contributed by atoms with van der Waals surface area (Å²) in [5, 5.41) is 11.1. The molecule has 1 heterocycles. The SMILES string of the molecule is CNC(=O)c1ccc(C(=O)O)c(C)n1. The third-order valence-electron chi connectivity index (χ3n) is 1.78. The van der Waals surface area contributed by atoms with Crippen LogP contribution in [0, 0.1) is 6.92 Å². The predicted octanol–water partition coefficient (Wildman–Crippen LogP) is 0.448. The van der Waals surface area contributed by atoms with Gasteiger partial charge >= 0.3 is 5.97 Å². The Kier molecular flexibility index (Phi) is 2.81. The minimum absolute atomic E-state index is 0.109. The maximum atomic E-state index is 11.1. The minimum atomic E-state index is -1.04. The predicted molar refractivity (Wildman–Crippen MR) is 49.3 cm³/mol. The van der Waals surface area contributed by atoms with Crippen LogP contribution in [0.15, 0.2) is 12.1 Å². The number of nitrogens with one attached hydrogen (secondary N) is 1. The molecule has 0 fully saturated rings. The van der Waals surface area contributed by atoms with Gasteiger partial charge in [-0.05, 0) is 19.1 Å². The van der Waals surface area contributed by atoms with Crippen LogP contribution in [0.3, 0.4) is 0 Å². The van der Waals surface area contributed by atoms with Gasteiger partial charge in [-0.15, -0.1) is 0 Å². The third kappa shape index (κ3) is 1.87. The molecule has 0 bridgehead atoms. The molecule has 1 aromatic rings. The molecule has 0 unspecified atom stereocenters. The molecule has 0 saturated carbocycles. The first-order valence-electron chi connectivity index (χ1n) is 3.99. The Morgan fingerprint density at radius 1 is 1.43 bits per heavy atom. The number of pyridine rings is 1. The van der Waals surface area contributed by atoms with Gasteiger partial charge in [0.1, 0.15) is 5.69 Å². The summed E-state index contributed by atoms with van der Waals surface area (Å²) in [7, 11) is 1.49. The van der Waals surface area contributed by atoms with E-state index in [1.807, 2.05) is 0 Å². The van der Waals surface area contributed by atoms with Crippen LogP contribution in [0.1, 0.15) is 26.5 Å². The molecule has 5 nitrogen and oxygen atoms in total.